The van der Waals surface area contributed by atoms with Crippen LogP contribution in [0.4, 0.5) is 8.78 Å². The lowest BCUT2D eigenvalue weighted by molar-refractivity contribution is -0.0498. The second-order valence-corrected chi connectivity index (χ2v) is 5.58. The first-order chi connectivity index (χ1) is 10.5. The first-order valence-corrected chi connectivity index (χ1v) is 7.21. The van der Waals surface area contributed by atoms with Crippen LogP contribution in [-0.2, 0) is 12.0 Å². The number of halogens is 3. The normalized spacial score (nSPS) is 16.3. The molecule has 2 aromatic rings. The van der Waals surface area contributed by atoms with Crippen molar-refractivity contribution in [2.45, 2.75) is 44.3 Å². The Hall–Kier alpha value is -1.73. The SMILES string of the molecule is Cl.NC1(c2noc(Cc3cccc(OC(F)F)c3)n2)CCCC1. The molecule has 0 radical (unpaired) electrons. The molecule has 5 nitrogen and oxygen atoms in total. The zero-order valence-electron chi connectivity index (χ0n) is 12.4. The van der Waals surface area contributed by atoms with E-state index in [0.29, 0.717) is 18.1 Å². The van der Waals surface area contributed by atoms with E-state index in [-0.39, 0.29) is 18.2 Å². The molecule has 1 aromatic heterocycles. The summed E-state index contributed by atoms with van der Waals surface area (Å²) < 4.78 is 34.1. The van der Waals surface area contributed by atoms with Gasteiger partial charge in [-0.25, -0.2) is 0 Å². The van der Waals surface area contributed by atoms with Crippen molar-refractivity contribution in [3.05, 3.63) is 41.5 Å². The number of hydrogen-bond donors (Lipinski definition) is 1. The van der Waals surface area contributed by atoms with Crippen LogP contribution in [0.5, 0.6) is 5.75 Å². The summed E-state index contributed by atoms with van der Waals surface area (Å²) in [6.07, 6.45) is 4.18. The Bertz CT molecular complexity index is 645. The number of hydrogen-bond acceptors (Lipinski definition) is 5. The summed E-state index contributed by atoms with van der Waals surface area (Å²) in [5.74, 6) is 1.05. The van der Waals surface area contributed by atoms with Crippen molar-refractivity contribution in [3.63, 3.8) is 0 Å². The Morgan fingerprint density at radius 1 is 1.30 bits per heavy atom. The van der Waals surface area contributed by atoms with Crippen molar-refractivity contribution < 1.29 is 18.0 Å². The Morgan fingerprint density at radius 2 is 2.04 bits per heavy atom. The third-order valence-corrected chi connectivity index (χ3v) is 3.89. The van der Waals surface area contributed by atoms with Crippen LogP contribution in [-0.4, -0.2) is 16.8 Å². The second-order valence-electron chi connectivity index (χ2n) is 5.58. The van der Waals surface area contributed by atoms with Crippen LogP contribution < -0.4 is 10.5 Å². The second kappa shape index (κ2) is 7.23. The molecular formula is C15H18ClF2N3O2. The van der Waals surface area contributed by atoms with Gasteiger partial charge in [-0.3, -0.25) is 0 Å². The molecule has 126 valence electrons. The number of ether oxygens (including phenoxy) is 1. The van der Waals surface area contributed by atoms with Crippen molar-refractivity contribution in [2.24, 2.45) is 5.73 Å². The predicted molar refractivity (Wildman–Crippen MR) is 81.8 cm³/mol. The fourth-order valence-corrected chi connectivity index (χ4v) is 2.76. The van der Waals surface area contributed by atoms with Gasteiger partial charge in [0.15, 0.2) is 5.82 Å². The first kappa shape index (κ1) is 17.6. The molecule has 23 heavy (non-hydrogen) atoms. The van der Waals surface area contributed by atoms with E-state index in [0.717, 1.165) is 31.2 Å². The van der Waals surface area contributed by atoms with E-state index in [1.54, 1.807) is 12.1 Å². The number of alkyl halides is 2. The molecule has 1 heterocycles. The van der Waals surface area contributed by atoms with Gasteiger partial charge in [-0.1, -0.05) is 30.1 Å². The number of aromatic nitrogens is 2. The van der Waals surface area contributed by atoms with Gasteiger partial charge in [0.05, 0.1) is 12.0 Å². The number of nitrogens with two attached hydrogens (primary N) is 1. The topological polar surface area (TPSA) is 74.2 Å². The Balaban J connectivity index is 0.00000192. The predicted octanol–water partition coefficient (Wildman–Crippen LogP) is 3.41. The van der Waals surface area contributed by atoms with Crippen molar-refractivity contribution >= 4 is 12.4 Å². The van der Waals surface area contributed by atoms with Crippen LogP contribution >= 0.6 is 12.4 Å². The van der Waals surface area contributed by atoms with E-state index in [1.807, 2.05) is 0 Å². The summed E-state index contributed by atoms with van der Waals surface area (Å²) in [4.78, 5) is 4.36. The highest BCUT2D eigenvalue weighted by molar-refractivity contribution is 5.85. The fraction of sp³-hybridized carbons (Fsp3) is 0.467. The average Bonchev–Trinajstić information content (AvgIpc) is 3.09. The van der Waals surface area contributed by atoms with Gasteiger partial charge in [0, 0.05) is 0 Å². The van der Waals surface area contributed by atoms with Crippen LogP contribution in [0.25, 0.3) is 0 Å². The van der Waals surface area contributed by atoms with Gasteiger partial charge in [0.25, 0.3) is 0 Å². The lowest BCUT2D eigenvalue weighted by Crippen LogP contribution is -2.34. The monoisotopic (exact) mass is 345 g/mol. The van der Waals surface area contributed by atoms with Crippen LogP contribution in [0, 0.1) is 0 Å². The molecule has 1 aromatic carbocycles. The van der Waals surface area contributed by atoms with Crippen LogP contribution in [0.2, 0.25) is 0 Å². The minimum absolute atomic E-state index is 0. The molecule has 0 bridgehead atoms. The molecule has 3 rings (SSSR count). The van der Waals surface area contributed by atoms with Gasteiger partial charge >= 0.3 is 6.61 Å². The maximum absolute atomic E-state index is 12.2. The molecule has 2 N–H and O–H groups in total. The fourth-order valence-electron chi connectivity index (χ4n) is 2.76. The van der Waals surface area contributed by atoms with Crippen LogP contribution in [0.3, 0.4) is 0 Å². The van der Waals surface area contributed by atoms with E-state index >= 15 is 0 Å². The van der Waals surface area contributed by atoms with Gasteiger partial charge in [-0.2, -0.15) is 13.8 Å². The van der Waals surface area contributed by atoms with Crippen molar-refractivity contribution in [2.75, 3.05) is 0 Å². The summed E-state index contributed by atoms with van der Waals surface area (Å²) in [5, 5.41) is 3.97. The van der Waals surface area contributed by atoms with E-state index < -0.39 is 12.2 Å². The van der Waals surface area contributed by atoms with E-state index in [1.165, 1.54) is 12.1 Å². The van der Waals surface area contributed by atoms with Gasteiger partial charge in [0.2, 0.25) is 5.89 Å². The third-order valence-electron chi connectivity index (χ3n) is 3.89. The maximum Gasteiger partial charge on any atom is 0.387 e. The Morgan fingerprint density at radius 3 is 2.74 bits per heavy atom. The van der Waals surface area contributed by atoms with Gasteiger partial charge in [-0.05, 0) is 30.5 Å². The zero-order valence-corrected chi connectivity index (χ0v) is 13.2. The molecule has 1 saturated carbocycles. The van der Waals surface area contributed by atoms with E-state index in [4.69, 9.17) is 10.3 Å². The largest absolute Gasteiger partial charge is 0.435 e. The summed E-state index contributed by atoms with van der Waals surface area (Å²) in [6, 6.07) is 6.44. The summed E-state index contributed by atoms with van der Waals surface area (Å²) in [5.41, 5.74) is 6.54. The molecule has 8 heteroatoms. The van der Waals surface area contributed by atoms with E-state index in [9.17, 15) is 8.78 Å². The molecule has 0 saturated heterocycles. The van der Waals surface area contributed by atoms with Gasteiger partial charge in [0.1, 0.15) is 5.75 Å². The highest BCUT2D eigenvalue weighted by Crippen LogP contribution is 2.34. The van der Waals surface area contributed by atoms with Crippen LogP contribution in [0.15, 0.2) is 28.8 Å². The minimum atomic E-state index is -2.84. The number of nitrogens with zero attached hydrogens (tertiary/aromatic N) is 2. The molecule has 0 amide bonds. The maximum atomic E-state index is 12.2. The summed E-state index contributed by atoms with van der Waals surface area (Å²) >= 11 is 0. The number of rotatable bonds is 5. The molecule has 0 spiro atoms. The van der Waals surface area contributed by atoms with Gasteiger partial charge < -0.3 is 15.0 Å². The number of benzene rings is 1. The summed E-state index contributed by atoms with van der Waals surface area (Å²) in [6.45, 7) is -2.84. The first-order valence-electron chi connectivity index (χ1n) is 7.21. The molecular weight excluding hydrogens is 328 g/mol. The van der Waals surface area contributed by atoms with Crippen molar-refractivity contribution in [3.8, 4) is 5.75 Å². The zero-order chi connectivity index (χ0) is 15.6. The molecule has 0 unspecified atom stereocenters. The lowest BCUT2D eigenvalue weighted by atomic mass is 9.99. The van der Waals surface area contributed by atoms with Crippen molar-refractivity contribution in [1.82, 2.24) is 10.1 Å². The van der Waals surface area contributed by atoms with Crippen LogP contribution in [0.1, 0.15) is 43.0 Å². The molecule has 0 atom stereocenters. The van der Waals surface area contributed by atoms with Gasteiger partial charge in [-0.15, -0.1) is 12.4 Å². The third kappa shape index (κ3) is 4.17. The average molecular weight is 346 g/mol. The minimum Gasteiger partial charge on any atom is -0.435 e. The standard InChI is InChI=1S/C15H17F2N3O2.ClH/c16-14(17)21-11-5-3-4-10(8-11)9-12-19-13(20-22-12)15(18)6-1-2-7-15;/h3-5,8,14H,1-2,6-7,9,18H2;1H. The van der Waals surface area contributed by atoms with Crippen molar-refractivity contribution in [1.29, 1.82) is 0 Å². The Labute approximate surface area is 138 Å². The highest BCUT2D eigenvalue weighted by atomic mass is 35.5. The summed E-state index contributed by atoms with van der Waals surface area (Å²) in [7, 11) is 0. The molecule has 1 aliphatic rings. The Kier molecular flexibility index (Phi) is 5.54. The smallest absolute Gasteiger partial charge is 0.387 e. The molecule has 0 aliphatic heterocycles. The molecule has 1 aliphatic carbocycles. The van der Waals surface area contributed by atoms with E-state index in [2.05, 4.69) is 14.9 Å². The highest BCUT2D eigenvalue weighted by Gasteiger charge is 2.35. The quantitative estimate of drug-likeness (QED) is 0.898. The molecule has 1 fully saturated rings. The lowest BCUT2D eigenvalue weighted by Gasteiger charge is -2.17.